The third-order valence-electron chi connectivity index (χ3n) is 6.72. The van der Waals surface area contributed by atoms with Gasteiger partial charge in [-0.3, -0.25) is 9.59 Å². The van der Waals surface area contributed by atoms with E-state index in [0.29, 0.717) is 36.7 Å². The van der Waals surface area contributed by atoms with E-state index in [2.05, 4.69) is 4.90 Å². The summed E-state index contributed by atoms with van der Waals surface area (Å²) in [4.78, 5) is 32.1. The van der Waals surface area contributed by atoms with Crippen LogP contribution in [0.3, 0.4) is 0 Å². The number of piperidine rings is 1. The van der Waals surface area contributed by atoms with Gasteiger partial charge in [0.15, 0.2) is 0 Å². The van der Waals surface area contributed by atoms with Crippen molar-refractivity contribution in [2.75, 3.05) is 51.8 Å². The SMILES string of the molecule is COc1ccc(N2CCCCC2)cc1C(=O)N1CCN(C(C)=O)C[C@@H]1c1ccccc1OC. The van der Waals surface area contributed by atoms with E-state index < -0.39 is 0 Å². The average Bonchev–Trinajstić information content (AvgIpc) is 2.88. The van der Waals surface area contributed by atoms with Gasteiger partial charge >= 0.3 is 0 Å². The molecule has 0 unspecified atom stereocenters. The van der Waals surface area contributed by atoms with Crippen molar-refractivity contribution in [1.29, 1.82) is 0 Å². The minimum atomic E-state index is -0.311. The maximum Gasteiger partial charge on any atom is 0.258 e. The van der Waals surface area contributed by atoms with Gasteiger partial charge in [0.1, 0.15) is 11.5 Å². The van der Waals surface area contributed by atoms with E-state index in [-0.39, 0.29) is 17.9 Å². The summed E-state index contributed by atoms with van der Waals surface area (Å²) in [6, 6.07) is 13.3. The van der Waals surface area contributed by atoms with Crippen LogP contribution in [0.2, 0.25) is 0 Å². The summed E-state index contributed by atoms with van der Waals surface area (Å²) in [6.45, 7) is 4.94. The van der Waals surface area contributed by atoms with Crippen molar-refractivity contribution in [2.24, 2.45) is 0 Å². The van der Waals surface area contributed by atoms with Crippen molar-refractivity contribution < 1.29 is 19.1 Å². The maximum atomic E-state index is 14.0. The molecule has 0 aliphatic carbocycles. The van der Waals surface area contributed by atoms with Crippen LogP contribution >= 0.6 is 0 Å². The Morgan fingerprint density at radius 2 is 1.61 bits per heavy atom. The first-order chi connectivity index (χ1) is 16.0. The number of carbonyl (C=O) groups is 2. The molecule has 2 saturated heterocycles. The lowest BCUT2D eigenvalue weighted by molar-refractivity contribution is -0.131. The number of para-hydroxylation sites is 1. The minimum Gasteiger partial charge on any atom is -0.496 e. The molecule has 2 aromatic carbocycles. The summed E-state index contributed by atoms with van der Waals surface area (Å²) in [5.74, 6) is 1.18. The second kappa shape index (κ2) is 10.1. The van der Waals surface area contributed by atoms with Crippen LogP contribution in [-0.2, 0) is 4.79 Å². The van der Waals surface area contributed by atoms with Gasteiger partial charge in [-0.2, -0.15) is 0 Å². The van der Waals surface area contributed by atoms with Crippen molar-refractivity contribution in [3.8, 4) is 11.5 Å². The molecule has 0 radical (unpaired) electrons. The van der Waals surface area contributed by atoms with E-state index >= 15 is 0 Å². The predicted molar refractivity (Wildman–Crippen MR) is 128 cm³/mol. The molecule has 1 atom stereocenters. The molecule has 2 heterocycles. The number of rotatable bonds is 5. The lowest BCUT2D eigenvalue weighted by Crippen LogP contribution is -2.52. The third kappa shape index (κ3) is 4.77. The van der Waals surface area contributed by atoms with Gasteiger partial charge in [-0.25, -0.2) is 0 Å². The summed E-state index contributed by atoms with van der Waals surface area (Å²) < 4.78 is 11.2. The highest BCUT2D eigenvalue weighted by atomic mass is 16.5. The van der Waals surface area contributed by atoms with E-state index in [4.69, 9.17) is 9.47 Å². The average molecular weight is 452 g/mol. The Hall–Kier alpha value is -3.22. The van der Waals surface area contributed by atoms with E-state index in [1.165, 1.54) is 6.42 Å². The van der Waals surface area contributed by atoms with Gasteiger partial charge in [0.05, 0.1) is 25.8 Å². The first kappa shape index (κ1) is 23.0. The molecule has 0 aromatic heterocycles. The van der Waals surface area contributed by atoms with Gasteiger partial charge in [0.2, 0.25) is 5.91 Å². The Morgan fingerprint density at radius 3 is 2.30 bits per heavy atom. The number of nitrogens with zero attached hydrogens (tertiary/aromatic N) is 3. The van der Waals surface area contributed by atoms with Crippen LogP contribution in [0.15, 0.2) is 42.5 Å². The van der Waals surface area contributed by atoms with Gasteiger partial charge in [-0.15, -0.1) is 0 Å². The highest BCUT2D eigenvalue weighted by molar-refractivity contribution is 5.98. The molecule has 7 heteroatoms. The predicted octanol–water partition coefficient (Wildman–Crippen LogP) is 3.74. The van der Waals surface area contributed by atoms with Gasteiger partial charge < -0.3 is 24.2 Å². The second-order valence-electron chi connectivity index (χ2n) is 8.65. The first-order valence-electron chi connectivity index (χ1n) is 11.7. The Bertz CT molecular complexity index is 1000. The minimum absolute atomic E-state index is 0.00618. The van der Waals surface area contributed by atoms with Gasteiger partial charge in [0, 0.05) is 50.9 Å². The molecule has 7 nitrogen and oxygen atoms in total. The van der Waals surface area contributed by atoms with Crippen LogP contribution in [0.1, 0.15) is 48.1 Å². The Balaban J connectivity index is 1.71. The molecule has 176 valence electrons. The van der Waals surface area contributed by atoms with Crippen LogP contribution < -0.4 is 14.4 Å². The molecule has 0 saturated carbocycles. The molecule has 0 N–H and O–H groups in total. The fourth-order valence-corrected chi connectivity index (χ4v) is 4.89. The van der Waals surface area contributed by atoms with Crippen molar-refractivity contribution in [3.63, 3.8) is 0 Å². The van der Waals surface area contributed by atoms with Crippen LogP contribution in [0.4, 0.5) is 5.69 Å². The van der Waals surface area contributed by atoms with E-state index in [9.17, 15) is 9.59 Å². The zero-order chi connectivity index (χ0) is 23.4. The molecule has 2 aliphatic heterocycles. The number of ether oxygens (including phenoxy) is 2. The van der Waals surface area contributed by atoms with Crippen molar-refractivity contribution in [1.82, 2.24) is 9.80 Å². The van der Waals surface area contributed by atoms with Crippen molar-refractivity contribution in [2.45, 2.75) is 32.2 Å². The zero-order valence-electron chi connectivity index (χ0n) is 19.8. The highest BCUT2D eigenvalue weighted by Crippen LogP contribution is 2.35. The van der Waals surface area contributed by atoms with Gasteiger partial charge in [-0.1, -0.05) is 18.2 Å². The normalized spacial score (nSPS) is 18.8. The maximum absolute atomic E-state index is 14.0. The van der Waals surface area contributed by atoms with Crippen LogP contribution in [-0.4, -0.2) is 68.6 Å². The first-order valence-corrected chi connectivity index (χ1v) is 11.7. The van der Waals surface area contributed by atoms with Crippen molar-refractivity contribution in [3.05, 3.63) is 53.6 Å². The summed E-state index contributed by atoms with van der Waals surface area (Å²) >= 11 is 0. The van der Waals surface area contributed by atoms with Gasteiger partial charge in [0.25, 0.3) is 5.91 Å². The number of carbonyl (C=O) groups excluding carboxylic acids is 2. The number of amides is 2. The van der Waals surface area contributed by atoms with E-state index in [1.807, 2.05) is 47.4 Å². The fourth-order valence-electron chi connectivity index (χ4n) is 4.89. The monoisotopic (exact) mass is 451 g/mol. The topological polar surface area (TPSA) is 62.3 Å². The van der Waals surface area contributed by atoms with Crippen LogP contribution in [0.25, 0.3) is 0 Å². The number of hydrogen-bond donors (Lipinski definition) is 0. The summed E-state index contributed by atoms with van der Waals surface area (Å²) in [7, 11) is 3.22. The Labute approximate surface area is 195 Å². The molecular formula is C26H33N3O4. The molecule has 2 aliphatic rings. The van der Waals surface area contributed by atoms with Crippen LogP contribution in [0, 0.1) is 0 Å². The number of methoxy groups -OCH3 is 2. The fraction of sp³-hybridized carbons (Fsp3) is 0.462. The van der Waals surface area contributed by atoms with Gasteiger partial charge in [-0.05, 0) is 43.5 Å². The summed E-state index contributed by atoms with van der Waals surface area (Å²) in [6.07, 6.45) is 3.58. The lowest BCUT2D eigenvalue weighted by atomic mass is 9.99. The number of anilines is 1. The second-order valence-corrected chi connectivity index (χ2v) is 8.65. The number of hydrogen-bond acceptors (Lipinski definition) is 5. The Kier molecular flexibility index (Phi) is 7.06. The molecule has 0 spiro atoms. The number of piperazine rings is 1. The summed E-state index contributed by atoms with van der Waals surface area (Å²) in [5.41, 5.74) is 2.50. The van der Waals surface area contributed by atoms with Crippen molar-refractivity contribution >= 4 is 17.5 Å². The largest absolute Gasteiger partial charge is 0.496 e. The number of benzene rings is 2. The molecular weight excluding hydrogens is 418 g/mol. The molecule has 2 aromatic rings. The standard InChI is InChI=1S/C26H33N3O4/c1-19(30)28-15-16-29(23(18-28)21-9-5-6-10-24(21)32-2)26(31)22-17-20(11-12-25(22)33-3)27-13-7-4-8-14-27/h5-6,9-12,17,23H,4,7-8,13-16,18H2,1-3H3/t23-/m1/s1. The van der Waals surface area contributed by atoms with E-state index in [1.54, 1.807) is 26.0 Å². The van der Waals surface area contributed by atoms with Crippen LogP contribution in [0.5, 0.6) is 11.5 Å². The highest BCUT2D eigenvalue weighted by Gasteiger charge is 2.35. The molecule has 2 fully saturated rings. The third-order valence-corrected chi connectivity index (χ3v) is 6.72. The molecule has 4 rings (SSSR count). The smallest absolute Gasteiger partial charge is 0.258 e. The molecule has 33 heavy (non-hydrogen) atoms. The Morgan fingerprint density at radius 1 is 0.879 bits per heavy atom. The zero-order valence-corrected chi connectivity index (χ0v) is 19.8. The molecule has 0 bridgehead atoms. The lowest BCUT2D eigenvalue weighted by Gasteiger charge is -2.42. The summed E-state index contributed by atoms with van der Waals surface area (Å²) in [5, 5.41) is 0. The molecule has 2 amide bonds. The van der Waals surface area contributed by atoms with E-state index in [0.717, 1.165) is 37.2 Å². The quantitative estimate of drug-likeness (QED) is 0.693.